The molecule has 102 valence electrons. The van der Waals surface area contributed by atoms with Gasteiger partial charge in [0.05, 0.1) is 24.7 Å². The normalized spacial score (nSPS) is 13.8. The van der Waals surface area contributed by atoms with Gasteiger partial charge in [-0.15, -0.1) is 0 Å². The molecule has 0 aromatic carbocycles. The minimum absolute atomic E-state index is 0.00377. The molecule has 0 aromatic heterocycles. The molecule has 2 N–H and O–H groups in total. The number of carbonyl (C=O) groups excluding carboxylic acids is 1. The van der Waals surface area contributed by atoms with Gasteiger partial charge in [0.1, 0.15) is 0 Å². The van der Waals surface area contributed by atoms with Crippen LogP contribution in [0.5, 0.6) is 0 Å². The summed E-state index contributed by atoms with van der Waals surface area (Å²) in [4.78, 5) is 13.1. The molecule has 0 rings (SSSR count). The molecule has 1 atom stereocenters. The molecule has 0 amide bonds. The number of nitrogens with zero attached hydrogens (tertiary/aromatic N) is 1. The van der Waals surface area contributed by atoms with Crippen LogP contribution >= 0.6 is 0 Å². The van der Waals surface area contributed by atoms with E-state index in [9.17, 15) is 15.0 Å². The molecule has 0 saturated heterocycles. The van der Waals surface area contributed by atoms with Gasteiger partial charge in [0.15, 0.2) is 0 Å². The molecule has 1 unspecified atom stereocenters. The molecule has 0 fully saturated rings. The van der Waals surface area contributed by atoms with Gasteiger partial charge in [-0.1, -0.05) is 6.92 Å². The van der Waals surface area contributed by atoms with Gasteiger partial charge in [0, 0.05) is 13.1 Å². The van der Waals surface area contributed by atoms with Crippen molar-refractivity contribution >= 4 is 5.97 Å². The van der Waals surface area contributed by atoms with Crippen molar-refractivity contribution in [3.8, 4) is 0 Å². The number of ether oxygens (including phenoxy) is 1. The van der Waals surface area contributed by atoms with E-state index in [0.29, 0.717) is 26.2 Å². The van der Waals surface area contributed by atoms with E-state index in [0.717, 1.165) is 0 Å². The Balaban J connectivity index is 4.06. The molecule has 5 heteroatoms. The maximum Gasteiger partial charge on any atom is 0.308 e. The molecule has 0 aliphatic rings. The van der Waals surface area contributed by atoms with Crippen molar-refractivity contribution in [1.29, 1.82) is 0 Å². The quantitative estimate of drug-likeness (QED) is 0.607. The van der Waals surface area contributed by atoms with Crippen LogP contribution in [0.25, 0.3) is 0 Å². The lowest BCUT2D eigenvalue weighted by Crippen LogP contribution is -2.42. The van der Waals surface area contributed by atoms with Gasteiger partial charge < -0.3 is 14.9 Å². The third-order valence-corrected chi connectivity index (χ3v) is 2.23. The van der Waals surface area contributed by atoms with Crippen LogP contribution in [0.15, 0.2) is 0 Å². The lowest BCUT2D eigenvalue weighted by Gasteiger charge is -2.29. The smallest absolute Gasteiger partial charge is 0.308 e. The Bertz CT molecular complexity index is 225. The molecule has 0 aliphatic heterocycles. The highest BCUT2D eigenvalue weighted by Crippen LogP contribution is 2.06. The molecule has 0 aromatic rings. The number of aliphatic hydroxyl groups is 2. The van der Waals surface area contributed by atoms with Gasteiger partial charge in [0.2, 0.25) is 0 Å². The summed E-state index contributed by atoms with van der Waals surface area (Å²) in [6, 6.07) is 0. The van der Waals surface area contributed by atoms with E-state index >= 15 is 0 Å². The lowest BCUT2D eigenvalue weighted by atomic mass is 10.1. The van der Waals surface area contributed by atoms with Crippen LogP contribution in [0, 0.1) is 0 Å². The zero-order valence-electron chi connectivity index (χ0n) is 11.3. The van der Waals surface area contributed by atoms with E-state index in [-0.39, 0.29) is 12.4 Å². The molecular formula is C12H25NO4. The molecule has 0 saturated carbocycles. The highest BCUT2D eigenvalue weighted by atomic mass is 16.5. The molecule has 17 heavy (non-hydrogen) atoms. The Morgan fingerprint density at radius 2 is 2.00 bits per heavy atom. The molecule has 0 bridgehead atoms. The number of esters is 1. The van der Waals surface area contributed by atoms with Crippen molar-refractivity contribution in [1.82, 2.24) is 4.90 Å². The van der Waals surface area contributed by atoms with Gasteiger partial charge in [-0.05, 0) is 27.3 Å². The predicted octanol–water partition coefficient (Wildman–Crippen LogP) is 0.393. The summed E-state index contributed by atoms with van der Waals surface area (Å²) in [7, 11) is 0. The summed E-state index contributed by atoms with van der Waals surface area (Å²) in [6.07, 6.45) is -0.757. The highest BCUT2D eigenvalue weighted by Gasteiger charge is 2.20. The van der Waals surface area contributed by atoms with Crippen LogP contribution in [0.4, 0.5) is 0 Å². The summed E-state index contributed by atoms with van der Waals surface area (Å²) in [5, 5.41) is 19.4. The van der Waals surface area contributed by atoms with E-state index < -0.39 is 11.7 Å². The molecule has 0 radical (unpaired) electrons. The van der Waals surface area contributed by atoms with Crippen molar-refractivity contribution in [3.63, 3.8) is 0 Å². The summed E-state index contributed by atoms with van der Waals surface area (Å²) >= 11 is 0. The summed E-state index contributed by atoms with van der Waals surface area (Å²) < 4.78 is 4.76. The Morgan fingerprint density at radius 3 is 2.41 bits per heavy atom. The van der Waals surface area contributed by atoms with Crippen LogP contribution in [0.1, 0.15) is 34.1 Å². The topological polar surface area (TPSA) is 70.0 Å². The van der Waals surface area contributed by atoms with Crippen molar-refractivity contribution < 1.29 is 19.7 Å². The van der Waals surface area contributed by atoms with Crippen LogP contribution in [0.2, 0.25) is 0 Å². The van der Waals surface area contributed by atoms with Crippen LogP contribution < -0.4 is 0 Å². The fourth-order valence-corrected chi connectivity index (χ4v) is 1.63. The van der Waals surface area contributed by atoms with E-state index in [4.69, 9.17) is 4.74 Å². The van der Waals surface area contributed by atoms with E-state index in [1.807, 2.05) is 11.8 Å². The number of hydrogen-bond acceptors (Lipinski definition) is 5. The maximum absolute atomic E-state index is 11.2. The van der Waals surface area contributed by atoms with Gasteiger partial charge >= 0.3 is 5.97 Å². The van der Waals surface area contributed by atoms with Crippen molar-refractivity contribution in [3.05, 3.63) is 0 Å². The summed E-state index contributed by atoms with van der Waals surface area (Å²) in [5.41, 5.74) is -0.806. The zero-order valence-corrected chi connectivity index (χ0v) is 11.3. The second-order valence-corrected chi connectivity index (χ2v) is 4.80. The fraction of sp³-hybridized carbons (Fsp3) is 0.917. The van der Waals surface area contributed by atoms with E-state index in [1.54, 1.807) is 20.8 Å². The number of likely N-dealkylation sites (N-methyl/N-ethyl adjacent to an activating group) is 1. The first-order chi connectivity index (χ1) is 7.78. The summed E-state index contributed by atoms with van der Waals surface area (Å²) in [6.45, 7) is 8.97. The summed E-state index contributed by atoms with van der Waals surface area (Å²) in [5.74, 6) is -0.390. The minimum Gasteiger partial charge on any atom is -0.466 e. The number of hydrogen-bond donors (Lipinski definition) is 2. The molecule has 5 nitrogen and oxygen atoms in total. The monoisotopic (exact) mass is 247 g/mol. The second-order valence-electron chi connectivity index (χ2n) is 4.80. The van der Waals surface area contributed by atoms with Crippen molar-refractivity contribution in [2.75, 3.05) is 26.2 Å². The zero-order chi connectivity index (χ0) is 13.5. The standard InChI is InChI=1S/C12H25NO4/c1-5-13(9-12(3,4)16)8-10(14)7-11(15)17-6-2/h10,14,16H,5-9H2,1-4H3. The third kappa shape index (κ3) is 9.09. The Labute approximate surface area is 103 Å². The fourth-order valence-electron chi connectivity index (χ4n) is 1.63. The first-order valence-electron chi connectivity index (χ1n) is 6.07. The number of rotatable bonds is 8. The van der Waals surface area contributed by atoms with Gasteiger partial charge in [-0.3, -0.25) is 9.69 Å². The lowest BCUT2D eigenvalue weighted by molar-refractivity contribution is -0.145. The Kier molecular flexibility index (Phi) is 7.34. The predicted molar refractivity (Wildman–Crippen MR) is 65.7 cm³/mol. The largest absolute Gasteiger partial charge is 0.466 e. The van der Waals surface area contributed by atoms with Crippen molar-refractivity contribution in [2.24, 2.45) is 0 Å². The third-order valence-electron chi connectivity index (χ3n) is 2.23. The molecule has 0 aliphatic carbocycles. The number of aliphatic hydroxyl groups excluding tert-OH is 1. The molecular weight excluding hydrogens is 222 g/mol. The first-order valence-corrected chi connectivity index (χ1v) is 6.07. The van der Waals surface area contributed by atoms with Crippen LogP contribution in [-0.2, 0) is 9.53 Å². The minimum atomic E-state index is -0.806. The second kappa shape index (κ2) is 7.63. The average molecular weight is 247 g/mol. The molecule has 0 heterocycles. The van der Waals surface area contributed by atoms with Gasteiger partial charge in [-0.25, -0.2) is 0 Å². The van der Waals surface area contributed by atoms with E-state index in [2.05, 4.69) is 0 Å². The van der Waals surface area contributed by atoms with Crippen molar-refractivity contribution in [2.45, 2.75) is 45.8 Å². The van der Waals surface area contributed by atoms with Gasteiger partial charge in [-0.2, -0.15) is 0 Å². The van der Waals surface area contributed by atoms with Crippen LogP contribution in [-0.4, -0.2) is 59.0 Å². The van der Waals surface area contributed by atoms with Crippen LogP contribution in [0.3, 0.4) is 0 Å². The molecule has 0 spiro atoms. The van der Waals surface area contributed by atoms with Gasteiger partial charge in [0.25, 0.3) is 0 Å². The maximum atomic E-state index is 11.2. The number of carbonyl (C=O) groups is 1. The Hall–Kier alpha value is -0.650. The average Bonchev–Trinajstić information content (AvgIpc) is 2.14. The Morgan fingerprint density at radius 1 is 1.41 bits per heavy atom. The first kappa shape index (κ1) is 16.4. The highest BCUT2D eigenvalue weighted by molar-refractivity contribution is 5.69. The SMILES string of the molecule is CCOC(=O)CC(O)CN(CC)CC(C)(C)O. The van der Waals surface area contributed by atoms with E-state index in [1.165, 1.54) is 0 Å².